The average Bonchev–Trinajstić information content (AvgIpc) is 3.03. The predicted molar refractivity (Wildman–Crippen MR) is 109 cm³/mol. The second-order valence-electron chi connectivity index (χ2n) is 7.55. The molecule has 6 nitrogen and oxygen atoms in total. The molecule has 1 aliphatic rings. The van der Waals surface area contributed by atoms with Crippen molar-refractivity contribution in [1.29, 1.82) is 0 Å². The van der Waals surface area contributed by atoms with Crippen molar-refractivity contribution in [3.05, 3.63) is 71.3 Å². The summed E-state index contributed by atoms with van der Waals surface area (Å²) < 4.78 is 0. The van der Waals surface area contributed by atoms with Crippen molar-refractivity contribution in [3.8, 4) is 0 Å². The van der Waals surface area contributed by atoms with Crippen LogP contribution < -0.4 is 5.32 Å². The Labute approximate surface area is 170 Å². The van der Waals surface area contributed by atoms with Crippen LogP contribution in [0.2, 0.25) is 0 Å². The quantitative estimate of drug-likeness (QED) is 0.721. The number of benzene rings is 2. The summed E-state index contributed by atoms with van der Waals surface area (Å²) in [6.07, 6.45) is 1.35. The standard InChI is InChI=1S/C23H26N2O4/c1-16-7-9-18(10-8-16)15-25-19(11-12-22(25)27)14-21(26)24-20(23(28)29)13-17-5-3-2-4-6-17/h2-10,19-20H,11-15H2,1H3,(H,24,26)(H,28,29). The number of nitrogens with one attached hydrogen (secondary N) is 1. The molecular weight excluding hydrogens is 368 g/mol. The van der Waals surface area contributed by atoms with E-state index in [1.165, 1.54) is 0 Å². The second kappa shape index (κ2) is 9.37. The van der Waals surface area contributed by atoms with Crippen LogP contribution in [0.3, 0.4) is 0 Å². The number of hydrogen-bond acceptors (Lipinski definition) is 3. The van der Waals surface area contributed by atoms with E-state index >= 15 is 0 Å². The Balaban J connectivity index is 1.60. The van der Waals surface area contributed by atoms with Gasteiger partial charge in [-0.25, -0.2) is 4.79 Å². The number of carboxylic acid groups (broad SMARTS) is 1. The third-order valence-electron chi connectivity index (χ3n) is 5.26. The highest BCUT2D eigenvalue weighted by atomic mass is 16.4. The number of likely N-dealkylation sites (tertiary alicyclic amines) is 1. The van der Waals surface area contributed by atoms with Gasteiger partial charge in [-0.1, -0.05) is 60.2 Å². The first kappa shape index (κ1) is 20.6. The first-order valence-electron chi connectivity index (χ1n) is 9.83. The van der Waals surface area contributed by atoms with Gasteiger partial charge in [-0.05, 0) is 24.5 Å². The lowest BCUT2D eigenvalue weighted by molar-refractivity contribution is -0.142. The summed E-state index contributed by atoms with van der Waals surface area (Å²) in [6, 6.07) is 16.0. The third-order valence-corrected chi connectivity index (χ3v) is 5.26. The molecule has 1 aliphatic heterocycles. The highest BCUT2D eigenvalue weighted by Gasteiger charge is 2.33. The summed E-state index contributed by atoms with van der Waals surface area (Å²) in [5.74, 6) is -1.38. The number of hydrogen-bond donors (Lipinski definition) is 2. The van der Waals surface area contributed by atoms with Gasteiger partial charge in [-0.3, -0.25) is 9.59 Å². The Morgan fingerprint density at radius 2 is 1.79 bits per heavy atom. The Morgan fingerprint density at radius 1 is 1.10 bits per heavy atom. The van der Waals surface area contributed by atoms with Crippen LogP contribution in [-0.4, -0.2) is 39.9 Å². The highest BCUT2D eigenvalue weighted by molar-refractivity contribution is 5.85. The molecule has 2 amide bonds. The molecule has 0 spiro atoms. The van der Waals surface area contributed by atoms with Crippen LogP contribution in [0.25, 0.3) is 0 Å². The van der Waals surface area contributed by atoms with E-state index < -0.39 is 12.0 Å². The summed E-state index contributed by atoms with van der Waals surface area (Å²) in [6.45, 7) is 2.47. The van der Waals surface area contributed by atoms with E-state index in [9.17, 15) is 19.5 Å². The molecule has 1 heterocycles. The Bertz CT molecular complexity index is 864. The van der Waals surface area contributed by atoms with Gasteiger partial charge in [-0.2, -0.15) is 0 Å². The fraction of sp³-hybridized carbons (Fsp3) is 0.348. The number of aliphatic carboxylic acids is 1. The van der Waals surface area contributed by atoms with Gasteiger partial charge in [0.25, 0.3) is 0 Å². The van der Waals surface area contributed by atoms with Crippen LogP contribution in [0, 0.1) is 6.92 Å². The zero-order valence-corrected chi connectivity index (χ0v) is 16.5. The van der Waals surface area contributed by atoms with E-state index in [1.807, 2.05) is 61.5 Å². The normalized spacial score (nSPS) is 17.2. The number of carbonyl (C=O) groups is 3. The number of carboxylic acids is 1. The molecule has 1 saturated heterocycles. The van der Waals surface area contributed by atoms with Crippen molar-refractivity contribution in [2.24, 2.45) is 0 Å². The number of aryl methyl sites for hydroxylation is 1. The van der Waals surface area contributed by atoms with Gasteiger partial charge in [0.1, 0.15) is 6.04 Å². The molecule has 152 valence electrons. The summed E-state index contributed by atoms with van der Waals surface area (Å²) in [5.41, 5.74) is 3.01. The molecule has 2 N–H and O–H groups in total. The maximum atomic E-state index is 12.5. The molecular formula is C23H26N2O4. The summed E-state index contributed by atoms with van der Waals surface area (Å²) in [7, 11) is 0. The lowest BCUT2D eigenvalue weighted by Gasteiger charge is -2.25. The van der Waals surface area contributed by atoms with E-state index in [-0.39, 0.29) is 30.7 Å². The van der Waals surface area contributed by atoms with Crippen molar-refractivity contribution in [1.82, 2.24) is 10.2 Å². The maximum Gasteiger partial charge on any atom is 0.326 e. The molecule has 2 atom stereocenters. The molecule has 0 saturated carbocycles. The first-order chi connectivity index (χ1) is 13.9. The molecule has 3 rings (SSSR count). The average molecular weight is 394 g/mol. The summed E-state index contributed by atoms with van der Waals surface area (Å²) in [5, 5.41) is 12.1. The maximum absolute atomic E-state index is 12.5. The molecule has 0 radical (unpaired) electrons. The third kappa shape index (κ3) is 5.67. The highest BCUT2D eigenvalue weighted by Crippen LogP contribution is 2.24. The number of carbonyl (C=O) groups excluding carboxylic acids is 2. The topological polar surface area (TPSA) is 86.7 Å². The Hall–Kier alpha value is -3.15. The van der Waals surface area contributed by atoms with E-state index in [4.69, 9.17) is 0 Å². The molecule has 0 aliphatic carbocycles. The molecule has 2 unspecified atom stereocenters. The van der Waals surface area contributed by atoms with Crippen LogP contribution in [-0.2, 0) is 27.3 Å². The van der Waals surface area contributed by atoms with Gasteiger partial charge in [0.2, 0.25) is 11.8 Å². The van der Waals surface area contributed by atoms with Crippen molar-refractivity contribution in [2.75, 3.05) is 0 Å². The van der Waals surface area contributed by atoms with Crippen molar-refractivity contribution < 1.29 is 19.5 Å². The van der Waals surface area contributed by atoms with Gasteiger partial charge in [0.15, 0.2) is 0 Å². The van der Waals surface area contributed by atoms with E-state index in [1.54, 1.807) is 4.90 Å². The smallest absolute Gasteiger partial charge is 0.326 e. The fourth-order valence-corrected chi connectivity index (χ4v) is 3.63. The monoisotopic (exact) mass is 394 g/mol. The SMILES string of the molecule is Cc1ccc(CN2C(=O)CCC2CC(=O)NC(Cc2ccccc2)C(=O)O)cc1. The zero-order chi connectivity index (χ0) is 20.8. The minimum Gasteiger partial charge on any atom is -0.480 e. The summed E-state index contributed by atoms with van der Waals surface area (Å²) >= 11 is 0. The molecule has 2 aromatic rings. The zero-order valence-electron chi connectivity index (χ0n) is 16.5. The van der Waals surface area contributed by atoms with Crippen LogP contribution in [0.15, 0.2) is 54.6 Å². The van der Waals surface area contributed by atoms with Crippen LogP contribution in [0.4, 0.5) is 0 Å². The number of amides is 2. The van der Waals surface area contributed by atoms with E-state index in [2.05, 4.69) is 5.32 Å². The van der Waals surface area contributed by atoms with Crippen LogP contribution >= 0.6 is 0 Å². The number of rotatable bonds is 8. The van der Waals surface area contributed by atoms with Gasteiger partial charge in [0, 0.05) is 31.8 Å². The molecule has 2 aromatic carbocycles. The van der Waals surface area contributed by atoms with Crippen LogP contribution in [0.1, 0.15) is 36.0 Å². The number of nitrogens with zero attached hydrogens (tertiary/aromatic N) is 1. The van der Waals surface area contributed by atoms with Crippen molar-refractivity contribution in [2.45, 2.75) is 51.2 Å². The predicted octanol–water partition coefficient (Wildman–Crippen LogP) is 2.69. The lowest BCUT2D eigenvalue weighted by atomic mass is 10.0. The first-order valence-corrected chi connectivity index (χ1v) is 9.83. The van der Waals surface area contributed by atoms with Gasteiger partial charge >= 0.3 is 5.97 Å². The van der Waals surface area contributed by atoms with Crippen molar-refractivity contribution >= 4 is 17.8 Å². The molecule has 29 heavy (non-hydrogen) atoms. The largest absolute Gasteiger partial charge is 0.480 e. The van der Waals surface area contributed by atoms with E-state index in [0.717, 1.165) is 16.7 Å². The van der Waals surface area contributed by atoms with Crippen LogP contribution in [0.5, 0.6) is 0 Å². The van der Waals surface area contributed by atoms with Gasteiger partial charge < -0.3 is 15.3 Å². The van der Waals surface area contributed by atoms with E-state index in [0.29, 0.717) is 19.4 Å². The molecule has 6 heteroatoms. The minimum atomic E-state index is -1.07. The van der Waals surface area contributed by atoms with Gasteiger partial charge in [-0.15, -0.1) is 0 Å². The second-order valence-corrected chi connectivity index (χ2v) is 7.55. The summed E-state index contributed by atoms with van der Waals surface area (Å²) in [4.78, 5) is 38.2. The molecule has 1 fully saturated rings. The Morgan fingerprint density at radius 3 is 2.45 bits per heavy atom. The molecule has 0 aromatic heterocycles. The van der Waals surface area contributed by atoms with Crippen molar-refractivity contribution in [3.63, 3.8) is 0 Å². The molecule has 0 bridgehead atoms. The fourth-order valence-electron chi connectivity index (χ4n) is 3.63. The Kier molecular flexibility index (Phi) is 6.65. The lowest BCUT2D eigenvalue weighted by Crippen LogP contribution is -2.44. The minimum absolute atomic E-state index is 0.0300. The van der Waals surface area contributed by atoms with Gasteiger partial charge in [0.05, 0.1) is 0 Å².